The molecule has 1 unspecified atom stereocenters. The molecule has 0 saturated carbocycles. The number of hydrogen-bond acceptors (Lipinski definition) is 3. The maximum atomic E-state index is 10.3. The first-order valence-corrected chi connectivity index (χ1v) is 4.64. The number of carboxylic acid groups (broad SMARTS) is 1. The molecule has 1 aromatic rings. The van der Waals surface area contributed by atoms with Gasteiger partial charge < -0.3 is 10.8 Å². The Morgan fingerprint density at radius 1 is 1.75 bits per heavy atom. The van der Waals surface area contributed by atoms with Crippen LogP contribution in [0.15, 0.2) is 16.8 Å². The lowest BCUT2D eigenvalue weighted by atomic mass is 10.1. The highest BCUT2D eigenvalue weighted by molar-refractivity contribution is 7.07. The zero-order valence-electron chi connectivity index (χ0n) is 6.56. The van der Waals surface area contributed by atoms with E-state index in [-0.39, 0.29) is 0 Å². The van der Waals surface area contributed by atoms with Gasteiger partial charge in [-0.05, 0) is 35.2 Å². The van der Waals surface area contributed by atoms with Gasteiger partial charge in [0, 0.05) is 0 Å². The second kappa shape index (κ2) is 4.23. The Morgan fingerprint density at radius 2 is 2.50 bits per heavy atom. The molecular formula is C8H11NO2S. The molecule has 1 heterocycles. The summed E-state index contributed by atoms with van der Waals surface area (Å²) in [5.41, 5.74) is 6.50. The molecule has 0 bridgehead atoms. The maximum absolute atomic E-state index is 10.3. The number of rotatable bonds is 4. The average molecular weight is 185 g/mol. The minimum atomic E-state index is -0.926. The average Bonchev–Trinajstić information content (AvgIpc) is 2.51. The van der Waals surface area contributed by atoms with Crippen molar-refractivity contribution >= 4 is 17.3 Å². The minimum Gasteiger partial charge on any atom is -0.480 e. The molecule has 0 saturated heterocycles. The van der Waals surface area contributed by atoms with Crippen LogP contribution in [0, 0.1) is 0 Å². The van der Waals surface area contributed by atoms with Crippen LogP contribution < -0.4 is 5.73 Å². The zero-order chi connectivity index (χ0) is 8.97. The van der Waals surface area contributed by atoms with E-state index in [0.29, 0.717) is 6.42 Å². The molecule has 0 radical (unpaired) electrons. The summed E-state index contributed by atoms with van der Waals surface area (Å²) in [6.07, 6.45) is 1.25. The Morgan fingerprint density at radius 3 is 3.00 bits per heavy atom. The van der Waals surface area contributed by atoms with E-state index in [1.165, 1.54) is 0 Å². The van der Waals surface area contributed by atoms with Gasteiger partial charge in [-0.1, -0.05) is 0 Å². The molecular weight excluding hydrogens is 174 g/mol. The van der Waals surface area contributed by atoms with Crippen LogP contribution in [0.1, 0.15) is 12.0 Å². The molecule has 3 N–H and O–H groups in total. The third-order valence-electron chi connectivity index (χ3n) is 1.64. The number of nitrogens with two attached hydrogens (primary N) is 1. The van der Waals surface area contributed by atoms with Crippen molar-refractivity contribution in [2.24, 2.45) is 5.73 Å². The minimum absolute atomic E-state index is 0.506. The third-order valence-corrected chi connectivity index (χ3v) is 2.37. The quantitative estimate of drug-likeness (QED) is 0.738. The SMILES string of the molecule is NC(CCc1ccsc1)C(=O)O. The fourth-order valence-corrected chi connectivity index (χ4v) is 1.58. The molecule has 0 aliphatic rings. The summed E-state index contributed by atoms with van der Waals surface area (Å²) >= 11 is 1.61. The van der Waals surface area contributed by atoms with Crippen LogP contribution >= 0.6 is 11.3 Å². The highest BCUT2D eigenvalue weighted by atomic mass is 32.1. The Balaban J connectivity index is 2.31. The van der Waals surface area contributed by atoms with Crippen molar-refractivity contribution in [3.63, 3.8) is 0 Å². The van der Waals surface area contributed by atoms with Crippen molar-refractivity contribution in [3.05, 3.63) is 22.4 Å². The van der Waals surface area contributed by atoms with Crippen LogP contribution in [0.3, 0.4) is 0 Å². The topological polar surface area (TPSA) is 63.3 Å². The van der Waals surface area contributed by atoms with Crippen molar-refractivity contribution in [2.45, 2.75) is 18.9 Å². The Labute approximate surface area is 74.8 Å². The van der Waals surface area contributed by atoms with E-state index in [2.05, 4.69) is 0 Å². The lowest BCUT2D eigenvalue weighted by molar-refractivity contribution is -0.138. The second-order valence-corrected chi connectivity index (χ2v) is 3.40. The van der Waals surface area contributed by atoms with E-state index in [1.807, 2.05) is 16.8 Å². The van der Waals surface area contributed by atoms with E-state index in [9.17, 15) is 4.79 Å². The van der Waals surface area contributed by atoms with Crippen LogP contribution in [0.2, 0.25) is 0 Å². The zero-order valence-corrected chi connectivity index (χ0v) is 7.38. The van der Waals surface area contributed by atoms with Crippen LogP contribution in [-0.2, 0) is 11.2 Å². The van der Waals surface area contributed by atoms with Crippen molar-refractivity contribution in [1.29, 1.82) is 0 Å². The highest BCUT2D eigenvalue weighted by Crippen LogP contribution is 2.09. The highest BCUT2D eigenvalue weighted by Gasteiger charge is 2.10. The number of aryl methyl sites for hydroxylation is 1. The number of aliphatic carboxylic acids is 1. The monoisotopic (exact) mass is 185 g/mol. The fourth-order valence-electron chi connectivity index (χ4n) is 0.881. The van der Waals surface area contributed by atoms with Crippen molar-refractivity contribution in [3.8, 4) is 0 Å². The van der Waals surface area contributed by atoms with Crippen molar-refractivity contribution < 1.29 is 9.90 Å². The van der Waals surface area contributed by atoms with E-state index >= 15 is 0 Å². The molecule has 0 amide bonds. The van der Waals surface area contributed by atoms with Gasteiger partial charge in [0.15, 0.2) is 0 Å². The van der Waals surface area contributed by atoms with Crippen LogP contribution in [0.25, 0.3) is 0 Å². The predicted molar refractivity (Wildman–Crippen MR) is 48.3 cm³/mol. The van der Waals surface area contributed by atoms with Gasteiger partial charge in [0.25, 0.3) is 0 Å². The largest absolute Gasteiger partial charge is 0.480 e. The maximum Gasteiger partial charge on any atom is 0.320 e. The van der Waals surface area contributed by atoms with Gasteiger partial charge in [0.05, 0.1) is 0 Å². The number of hydrogen-bond donors (Lipinski definition) is 2. The summed E-state index contributed by atoms with van der Waals surface area (Å²) in [5.74, 6) is -0.926. The smallest absolute Gasteiger partial charge is 0.320 e. The van der Waals surface area contributed by atoms with Crippen molar-refractivity contribution in [1.82, 2.24) is 0 Å². The van der Waals surface area contributed by atoms with Gasteiger partial charge in [-0.2, -0.15) is 11.3 Å². The van der Waals surface area contributed by atoms with E-state index in [4.69, 9.17) is 10.8 Å². The first-order valence-electron chi connectivity index (χ1n) is 3.69. The molecule has 3 nitrogen and oxygen atoms in total. The van der Waals surface area contributed by atoms with Gasteiger partial charge in [0.2, 0.25) is 0 Å². The molecule has 0 aliphatic carbocycles. The lowest BCUT2D eigenvalue weighted by Gasteiger charge is -2.03. The second-order valence-electron chi connectivity index (χ2n) is 2.62. The van der Waals surface area contributed by atoms with Crippen molar-refractivity contribution in [2.75, 3.05) is 0 Å². The van der Waals surface area contributed by atoms with E-state index in [1.54, 1.807) is 11.3 Å². The first-order chi connectivity index (χ1) is 5.70. The Kier molecular flexibility index (Phi) is 3.25. The number of carbonyl (C=O) groups is 1. The molecule has 1 atom stereocenters. The Hall–Kier alpha value is -0.870. The van der Waals surface area contributed by atoms with Crippen LogP contribution in [-0.4, -0.2) is 17.1 Å². The molecule has 0 fully saturated rings. The molecule has 66 valence electrons. The van der Waals surface area contributed by atoms with Gasteiger partial charge in [0.1, 0.15) is 6.04 Å². The van der Waals surface area contributed by atoms with Gasteiger partial charge in [-0.3, -0.25) is 4.79 Å². The molecule has 0 aromatic carbocycles. The molecule has 0 aliphatic heterocycles. The fraction of sp³-hybridized carbons (Fsp3) is 0.375. The van der Waals surface area contributed by atoms with Gasteiger partial charge >= 0.3 is 5.97 Å². The summed E-state index contributed by atoms with van der Waals surface area (Å²) < 4.78 is 0. The molecule has 1 rings (SSSR count). The summed E-state index contributed by atoms with van der Waals surface area (Å²) in [6, 6.07) is 1.25. The van der Waals surface area contributed by atoms with Crippen LogP contribution in [0.4, 0.5) is 0 Å². The standard InChI is InChI=1S/C8H11NO2S/c9-7(8(10)11)2-1-6-3-4-12-5-6/h3-5,7H,1-2,9H2,(H,10,11). The third kappa shape index (κ3) is 2.64. The van der Waals surface area contributed by atoms with Crippen LogP contribution in [0.5, 0.6) is 0 Å². The van der Waals surface area contributed by atoms with Gasteiger partial charge in [-0.25, -0.2) is 0 Å². The number of thiophene rings is 1. The Bertz CT molecular complexity index is 246. The summed E-state index contributed by atoms with van der Waals surface area (Å²) in [6.45, 7) is 0. The van der Waals surface area contributed by atoms with Gasteiger partial charge in [-0.15, -0.1) is 0 Å². The summed E-state index contributed by atoms with van der Waals surface area (Å²) in [7, 11) is 0. The summed E-state index contributed by atoms with van der Waals surface area (Å²) in [5, 5.41) is 12.5. The molecule has 1 aromatic heterocycles. The van der Waals surface area contributed by atoms with E-state index in [0.717, 1.165) is 12.0 Å². The molecule has 12 heavy (non-hydrogen) atoms. The summed E-state index contributed by atoms with van der Waals surface area (Å²) in [4.78, 5) is 10.3. The normalized spacial score (nSPS) is 12.8. The first kappa shape index (κ1) is 9.22. The molecule has 4 heteroatoms. The molecule has 0 spiro atoms. The van der Waals surface area contributed by atoms with E-state index < -0.39 is 12.0 Å². The lowest BCUT2D eigenvalue weighted by Crippen LogP contribution is -2.30. The predicted octanol–water partition coefficient (Wildman–Crippen LogP) is 1.09. The number of carboxylic acids is 1.